The molecule has 0 atom stereocenters. The maximum Gasteiger partial charge on any atom is 0.262 e. The van der Waals surface area contributed by atoms with Crippen molar-refractivity contribution in [3.63, 3.8) is 0 Å². The molecule has 0 saturated heterocycles. The van der Waals surface area contributed by atoms with Crippen LogP contribution in [0.1, 0.15) is 10.4 Å². The van der Waals surface area contributed by atoms with Crippen LogP contribution >= 0.6 is 0 Å². The van der Waals surface area contributed by atoms with Crippen LogP contribution in [0.15, 0.2) is 48.5 Å². The first-order chi connectivity index (χ1) is 10.6. The standard InChI is InChI=1S/C16H16N2O4/c1-21-14-4-2-3-12(9-14)18-15(19)10-22-13-7-5-11(6-8-13)16(17)20/h2-9H,10H2,1H3,(H2,17,20)(H,18,19). The Hall–Kier alpha value is -3.02. The van der Waals surface area contributed by atoms with Gasteiger partial charge in [0.25, 0.3) is 5.91 Å². The molecule has 22 heavy (non-hydrogen) atoms. The molecule has 0 bridgehead atoms. The molecule has 0 saturated carbocycles. The first-order valence-electron chi connectivity index (χ1n) is 6.55. The van der Waals surface area contributed by atoms with Gasteiger partial charge in [-0.3, -0.25) is 9.59 Å². The molecule has 0 radical (unpaired) electrons. The molecule has 0 unspecified atom stereocenters. The van der Waals surface area contributed by atoms with E-state index in [1.165, 1.54) is 12.1 Å². The lowest BCUT2D eigenvalue weighted by molar-refractivity contribution is -0.118. The summed E-state index contributed by atoms with van der Waals surface area (Å²) in [5, 5.41) is 2.70. The number of anilines is 1. The fourth-order valence-electron chi connectivity index (χ4n) is 1.76. The number of benzene rings is 2. The van der Waals surface area contributed by atoms with Crippen LogP contribution in [-0.2, 0) is 4.79 Å². The number of rotatable bonds is 6. The van der Waals surface area contributed by atoms with Gasteiger partial charge in [-0.1, -0.05) is 6.07 Å². The summed E-state index contributed by atoms with van der Waals surface area (Å²) in [6, 6.07) is 13.3. The van der Waals surface area contributed by atoms with E-state index >= 15 is 0 Å². The van der Waals surface area contributed by atoms with E-state index in [4.69, 9.17) is 15.2 Å². The minimum absolute atomic E-state index is 0.146. The zero-order valence-corrected chi connectivity index (χ0v) is 12.0. The number of nitrogens with one attached hydrogen (secondary N) is 1. The van der Waals surface area contributed by atoms with Gasteiger partial charge in [0, 0.05) is 17.3 Å². The minimum Gasteiger partial charge on any atom is -0.497 e. The van der Waals surface area contributed by atoms with E-state index < -0.39 is 5.91 Å². The van der Waals surface area contributed by atoms with E-state index in [0.29, 0.717) is 22.7 Å². The molecule has 114 valence electrons. The topological polar surface area (TPSA) is 90.7 Å². The molecule has 2 aromatic rings. The maximum absolute atomic E-state index is 11.8. The Bertz CT molecular complexity index is 668. The second-order valence-corrected chi connectivity index (χ2v) is 4.46. The highest BCUT2D eigenvalue weighted by atomic mass is 16.5. The maximum atomic E-state index is 11.8. The average molecular weight is 300 g/mol. The molecule has 6 heteroatoms. The third-order valence-corrected chi connectivity index (χ3v) is 2.86. The number of hydrogen-bond donors (Lipinski definition) is 2. The van der Waals surface area contributed by atoms with Crippen molar-refractivity contribution in [2.75, 3.05) is 19.0 Å². The smallest absolute Gasteiger partial charge is 0.262 e. The van der Waals surface area contributed by atoms with E-state index in [-0.39, 0.29) is 12.5 Å². The largest absolute Gasteiger partial charge is 0.497 e. The number of hydrogen-bond acceptors (Lipinski definition) is 4. The van der Waals surface area contributed by atoms with Crippen molar-refractivity contribution >= 4 is 17.5 Å². The fourth-order valence-corrected chi connectivity index (χ4v) is 1.76. The van der Waals surface area contributed by atoms with Gasteiger partial charge in [-0.25, -0.2) is 0 Å². The molecule has 0 spiro atoms. The second kappa shape index (κ2) is 7.12. The van der Waals surface area contributed by atoms with Crippen LogP contribution in [0.5, 0.6) is 11.5 Å². The quantitative estimate of drug-likeness (QED) is 0.851. The normalized spacial score (nSPS) is 9.86. The van der Waals surface area contributed by atoms with E-state index in [9.17, 15) is 9.59 Å². The highest BCUT2D eigenvalue weighted by molar-refractivity contribution is 5.93. The minimum atomic E-state index is -0.512. The Kier molecular flexibility index (Phi) is 4.98. The van der Waals surface area contributed by atoms with Crippen LogP contribution < -0.4 is 20.5 Å². The second-order valence-electron chi connectivity index (χ2n) is 4.46. The molecule has 2 aromatic carbocycles. The van der Waals surface area contributed by atoms with Crippen molar-refractivity contribution in [2.45, 2.75) is 0 Å². The van der Waals surface area contributed by atoms with Gasteiger partial charge in [0.2, 0.25) is 5.91 Å². The van der Waals surface area contributed by atoms with Gasteiger partial charge in [-0.05, 0) is 36.4 Å². The molecule has 0 aliphatic rings. The van der Waals surface area contributed by atoms with Crippen molar-refractivity contribution < 1.29 is 19.1 Å². The molecule has 0 heterocycles. The Morgan fingerprint density at radius 3 is 2.45 bits per heavy atom. The molecule has 6 nitrogen and oxygen atoms in total. The van der Waals surface area contributed by atoms with Crippen molar-refractivity contribution in [3.05, 3.63) is 54.1 Å². The predicted molar refractivity (Wildman–Crippen MR) is 82.1 cm³/mol. The lowest BCUT2D eigenvalue weighted by Crippen LogP contribution is -2.20. The molecule has 0 aliphatic heterocycles. The molecule has 3 N–H and O–H groups in total. The molecule has 0 aromatic heterocycles. The van der Waals surface area contributed by atoms with Crippen LogP contribution in [0.25, 0.3) is 0 Å². The van der Waals surface area contributed by atoms with Crippen LogP contribution in [0.4, 0.5) is 5.69 Å². The number of methoxy groups -OCH3 is 1. The first kappa shape index (κ1) is 15.4. The summed E-state index contributed by atoms with van der Waals surface area (Å²) in [4.78, 5) is 22.8. The summed E-state index contributed by atoms with van der Waals surface area (Å²) in [5.41, 5.74) is 6.15. The fraction of sp³-hybridized carbons (Fsp3) is 0.125. The average Bonchev–Trinajstić information content (AvgIpc) is 2.53. The number of nitrogens with two attached hydrogens (primary N) is 1. The molecular formula is C16H16N2O4. The van der Waals surface area contributed by atoms with E-state index in [1.807, 2.05) is 0 Å². The number of carbonyl (C=O) groups is 2. The first-order valence-corrected chi connectivity index (χ1v) is 6.55. The third-order valence-electron chi connectivity index (χ3n) is 2.86. The predicted octanol–water partition coefficient (Wildman–Crippen LogP) is 1.81. The summed E-state index contributed by atoms with van der Waals surface area (Å²) in [6.07, 6.45) is 0. The Morgan fingerprint density at radius 2 is 1.82 bits per heavy atom. The van der Waals surface area contributed by atoms with Gasteiger partial charge in [0.05, 0.1) is 7.11 Å². The summed E-state index contributed by atoms with van der Waals surface area (Å²) in [7, 11) is 1.56. The van der Waals surface area contributed by atoms with E-state index in [2.05, 4.69) is 5.32 Å². The Morgan fingerprint density at radius 1 is 1.09 bits per heavy atom. The van der Waals surface area contributed by atoms with Crippen LogP contribution in [0.3, 0.4) is 0 Å². The lowest BCUT2D eigenvalue weighted by Gasteiger charge is -2.08. The molecule has 2 amide bonds. The van der Waals surface area contributed by atoms with Crippen molar-refractivity contribution in [1.82, 2.24) is 0 Å². The van der Waals surface area contributed by atoms with E-state index in [0.717, 1.165) is 0 Å². The lowest BCUT2D eigenvalue weighted by atomic mass is 10.2. The van der Waals surface area contributed by atoms with Gasteiger partial charge >= 0.3 is 0 Å². The van der Waals surface area contributed by atoms with Crippen molar-refractivity contribution in [3.8, 4) is 11.5 Å². The monoisotopic (exact) mass is 300 g/mol. The Labute approximate surface area is 127 Å². The SMILES string of the molecule is COc1cccc(NC(=O)COc2ccc(C(N)=O)cc2)c1. The highest BCUT2D eigenvalue weighted by Crippen LogP contribution is 2.17. The van der Waals surface area contributed by atoms with Gasteiger partial charge in [-0.15, -0.1) is 0 Å². The van der Waals surface area contributed by atoms with Crippen LogP contribution in [-0.4, -0.2) is 25.5 Å². The van der Waals surface area contributed by atoms with Crippen LogP contribution in [0.2, 0.25) is 0 Å². The molecule has 0 aliphatic carbocycles. The number of primary amides is 1. The zero-order chi connectivity index (χ0) is 15.9. The van der Waals surface area contributed by atoms with E-state index in [1.54, 1.807) is 43.5 Å². The molecular weight excluding hydrogens is 284 g/mol. The summed E-state index contributed by atoms with van der Waals surface area (Å²) < 4.78 is 10.4. The summed E-state index contributed by atoms with van der Waals surface area (Å²) >= 11 is 0. The number of ether oxygens (including phenoxy) is 2. The molecule has 2 rings (SSSR count). The summed E-state index contributed by atoms with van der Waals surface area (Å²) in [5.74, 6) is 0.320. The summed E-state index contributed by atoms with van der Waals surface area (Å²) in [6.45, 7) is -0.146. The Balaban J connectivity index is 1.88. The number of amides is 2. The number of carbonyl (C=O) groups excluding carboxylic acids is 2. The molecule has 0 fully saturated rings. The van der Waals surface area contributed by atoms with Crippen LogP contribution in [0, 0.1) is 0 Å². The third kappa shape index (κ3) is 4.24. The van der Waals surface area contributed by atoms with Crippen molar-refractivity contribution in [2.24, 2.45) is 5.73 Å². The van der Waals surface area contributed by atoms with Gasteiger partial charge in [0.1, 0.15) is 11.5 Å². The van der Waals surface area contributed by atoms with Gasteiger partial charge in [0.15, 0.2) is 6.61 Å². The zero-order valence-electron chi connectivity index (χ0n) is 12.0. The highest BCUT2D eigenvalue weighted by Gasteiger charge is 2.05. The van der Waals surface area contributed by atoms with Gasteiger partial charge < -0.3 is 20.5 Å². The van der Waals surface area contributed by atoms with Crippen molar-refractivity contribution in [1.29, 1.82) is 0 Å². The van der Waals surface area contributed by atoms with Gasteiger partial charge in [-0.2, -0.15) is 0 Å².